The Morgan fingerprint density at radius 3 is 2.89 bits per heavy atom. The molecule has 1 aliphatic rings. The van der Waals surface area contributed by atoms with Crippen LogP contribution >= 0.6 is 0 Å². The monoisotopic (exact) mass is 286 g/mol. The van der Waals surface area contributed by atoms with E-state index >= 15 is 0 Å². The number of nitrogens with two attached hydrogens (primary N) is 1. The van der Waals surface area contributed by atoms with Crippen molar-refractivity contribution < 1.29 is 8.42 Å². The van der Waals surface area contributed by atoms with Crippen molar-refractivity contribution in [2.45, 2.75) is 37.8 Å². The minimum Gasteiger partial charge on any atom is -0.330 e. The summed E-state index contributed by atoms with van der Waals surface area (Å²) in [5.41, 5.74) is 5.67. The fraction of sp³-hybridized carbons (Fsp3) is 0.750. The molecule has 2 rings (SSSR count). The molecular weight excluding hydrogens is 264 g/mol. The third kappa shape index (κ3) is 2.82. The van der Waals surface area contributed by atoms with Gasteiger partial charge in [0.15, 0.2) is 5.03 Å². The van der Waals surface area contributed by atoms with Gasteiger partial charge in [0, 0.05) is 19.1 Å². The molecule has 108 valence electrons. The molecule has 1 aliphatic heterocycles. The van der Waals surface area contributed by atoms with Crippen LogP contribution in [0.2, 0.25) is 0 Å². The van der Waals surface area contributed by atoms with Crippen LogP contribution in [0.4, 0.5) is 0 Å². The van der Waals surface area contributed by atoms with Gasteiger partial charge in [0.05, 0.1) is 6.20 Å². The van der Waals surface area contributed by atoms with Crippen molar-refractivity contribution in [2.24, 2.45) is 11.7 Å². The van der Waals surface area contributed by atoms with Gasteiger partial charge < -0.3 is 5.73 Å². The number of hydrogen-bond donors (Lipinski definition) is 1. The third-order valence-electron chi connectivity index (χ3n) is 3.54. The Balaban J connectivity index is 2.29. The predicted octanol–water partition coefficient (Wildman–Crippen LogP) is 0.823. The molecule has 0 amide bonds. The SMILES string of the molecule is CC(C)n1nccc1S(=O)(=O)N1CCCC(CN)C1. The van der Waals surface area contributed by atoms with Gasteiger partial charge in [-0.3, -0.25) is 4.68 Å². The van der Waals surface area contributed by atoms with E-state index in [2.05, 4.69) is 5.10 Å². The summed E-state index contributed by atoms with van der Waals surface area (Å²) in [6, 6.07) is 1.59. The van der Waals surface area contributed by atoms with Crippen LogP contribution < -0.4 is 5.73 Å². The molecule has 2 heterocycles. The van der Waals surface area contributed by atoms with E-state index in [9.17, 15) is 8.42 Å². The molecule has 1 aromatic rings. The molecule has 6 nitrogen and oxygen atoms in total. The first-order chi connectivity index (χ1) is 8.96. The highest BCUT2D eigenvalue weighted by Gasteiger charge is 2.32. The van der Waals surface area contributed by atoms with Gasteiger partial charge in [0.1, 0.15) is 0 Å². The smallest absolute Gasteiger partial charge is 0.260 e. The molecule has 0 spiro atoms. The fourth-order valence-electron chi connectivity index (χ4n) is 2.46. The van der Waals surface area contributed by atoms with Crippen LogP contribution in [0.5, 0.6) is 0 Å². The lowest BCUT2D eigenvalue weighted by Crippen LogP contribution is -2.42. The molecule has 1 saturated heterocycles. The summed E-state index contributed by atoms with van der Waals surface area (Å²) in [6.45, 7) is 5.47. The van der Waals surface area contributed by atoms with Gasteiger partial charge in [0.25, 0.3) is 10.0 Å². The minimum atomic E-state index is -3.46. The second kappa shape index (κ2) is 5.60. The predicted molar refractivity (Wildman–Crippen MR) is 73.1 cm³/mol. The number of nitrogens with zero attached hydrogens (tertiary/aromatic N) is 3. The average Bonchev–Trinajstić information content (AvgIpc) is 2.89. The summed E-state index contributed by atoms with van der Waals surface area (Å²) in [6.07, 6.45) is 3.42. The average molecular weight is 286 g/mol. The lowest BCUT2D eigenvalue weighted by Gasteiger charge is -2.31. The minimum absolute atomic E-state index is 0.0230. The van der Waals surface area contributed by atoms with E-state index in [1.807, 2.05) is 13.8 Å². The highest BCUT2D eigenvalue weighted by atomic mass is 32.2. The Bertz CT molecular complexity index is 524. The van der Waals surface area contributed by atoms with Gasteiger partial charge in [-0.05, 0) is 45.2 Å². The summed E-state index contributed by atoms with van der Waals surface area (Å²) >= 11 is 0. The molecule has 0 aromatic carbocycles. The number of rotatable bonds is 4. The maximum absolute atomic E-state index is 12.7. The molecule has 1 unspecified atom stereocenters. The lowest BCUT2D eigenvalue weighted by molar-refractivity contribution is 0.269. The van der Waals surface area contributed by atoms with Gasteiger partial charge in [-0.25, -0.2) is 8.42 Å². The van der Waals surface area contributed by atoms with E-state index < -0.39 is 10.0 Å². The van der Waals surface area contributed by atoms with Crippen LogP contribution in [0.25, 0.3) is 0 Å². The largest absolute Gasteiger partial charge is 0.330 e. The number of aromatic nitrogens is 2. The Morgan fingerprint density at radius 1 is 1.53 bits per heavy atom. The van der Waals surface area contributed by atoms with Crippen LogP contribution in [-0.2, 0) is 10.0 Å². The summed E-state index contributed by atoms with van der Waals surface area (Å²) < 4.78 is 28.4. The van der Waals surface area contributed by atoms with E-state index in [-0.39, 0.29) is 17.0 Å². The number of hydrogen-bond acceptors (Lipinski definition) is 4. The van der Waals surface area contributed by atoms with Crippen molar-refractivity contribution in [1.29, 1.82) is 0 Å². The quantitative estimate of drug-likeness (QED) is 0.888. The first-order valence-corrected chi connectivity index (χ1v) is 8.14. The van der Waals surface area contributed by atoms with Crippen LogP contribution in [-0.4, -0.2) is 42.1 Å². The normalized spacial score (nSPS) is 22.0. The van der Waals surface area contributed by atoms with Gasteiger partial charge in [-0.1, -0.05) is 0 Å². The summed E-state index contributed by atoms with van der Waals surface area (Å²) in [5.74, 6) is 0.263. The number of sulfonamides is 1. The molecule has 1 atom stereocenters. The van der Waals surface area contributed by atoms with Gasteiger partial charge in [-0.2, -0.15) is 9.40 Å². The Hall–Kier alpha value is -0.920. The van der Waals surface area contributed by atoms with E-state index in [0.717, 1.165) is 12.8 Å². The third-order valence-corrected chi connectivity index (χ3v) is 5.41. The van der Waals surface area contributed by atoms with Crippen molar-refractivity contribution in [3.8, 4) is 0 Å². The zero-order valence-electron chi connectivity index (χ0n) is 11.5. The van der Waals surface area contributed by atoms with Crippen molar-refractivity contribution in [3.05, 3.63) is 12.3 Å². The van der Waals surface area contributed by atoms with Crippen LogP contribution in [0, 0.1) is 5.92 Å². The molecule has 1 aromatic heterocycles. The topological polar surface area (TPSA) is 81.2 Å². The van der Waals surface area contributed by atoms with E-state index in [1.165, 1.54) is 6.20 Å². The molecule has 0 radical (unpaired) electrons. The van der Waals surface area contributed by atoms with Crippen LogP contribution in [0.1, 0.15) is 32.7 Å². The van der Waals surface area contributed by atoms with E-state index in [0.29, 0.717) is 19.6 Å². The Kier molecular flexibility index (Phi) is 4.27. The van der Waals surface area contributed by atoms with Crippen molar-refractivity contribution in [3.63, 3.8) is 0 Å². The lowest BCUT2D eigenvalue weighted by atomic mass is 10.0. The first-order valence-electron chi connectivity index (χ1n) is 6.70. The molecule has 19 heavy (non-hydrogen) atoms. The van der Waals surface area contributed by atoms with E-state index in [1.54, 1.807) is 15.1 Å². The van der Waals surface area contributed by atoms with Crippen molar-refractivity contribution >= 4 is 10.0 Å². The molecule has 7 heteroatoms. The Morgan fingerprint density at radius 2 is 2.26 bits per heavy atom. The summed E-state index contributed by atoms with van der Waals surface area (Å²) in [7, 11) is -3.46. The molecule has 1 fully saturated rings. The second-order valence-electron chi connectivity index (χ2n) is 5.31. The zero-order valence-corrected chi connectivity index (χ0v) is 12.3. The zero-order chi connectivity index (χ0) is 14.0. The van der Waals surface area contributed by atoms with Gasteiger partial charge in [0.2, 0.25) is 0 Å². The van der Waals surface area contributed by atoms with Crippen molar-refractivity contribution in [2.75, 3.05) is 19.6 Å². The van der Waals surface area contributed by atoms with Crippen molar-refractivity contribution in [1.82, 2.24) is 14.1 Å². The standard InChI is InChI=1S/C12H22N4O2S/c1-10(2)16-12(5-6-14-16)19(17,18)15-7-3-4-11(8-13)9-15/h5-6,10-11H,3-4,7-9,13H2,1-2H3. The highest BCUT2D eigenvalue weighted by molar-refractivity contribution is 7.89. The molecule has 0 aliphatic carbocycles. The molecule has 2 N–H and O–H groups in total. The molecular formula is C12H22N4O2S. The number of piperidine rings is 1. The first kappa shape index (κ1) is 14.5. The van der Waals surface area contributed by atoms with E-state index in [4.69, 9.17) is 5.73 Å². The Labute approximate surface area is 114 Å². The molecule has 0 bridgehead atoms. The van der Waals surface area contributed by atoms with Gasteiger partial charge >= 0.3 is 0 Å². The van der Waals surface area contributed by atoms with Crippen LogP contribution in [0.15, 0.2) is 17.3 Å². The summed E-state index contributed by atoms with van der Waals surface area (Å²) in [5, 5.41) is 4.38. The van der Waals surface area contributed by atoms with Crippen LogP contribution in [0.3, 0.4) is 0 Å². The highest BCUT2D eigenvalue weighted by Crippen LogP contribution is 2.24. The summed E-state index contributed by atoms with van der Waals surface area (Å²) in [4.78, 5) is 0. The van der Waals surface area contributed by atoms with Gasteiger partial charge in [-0.15, -0.1) is 0 Å². The molecule has 0 saturated carbocycles. The maximum atomic E-state index is 12.7. The maximum Gasteiger partial charge on any atom is 0.260 e. The second-order valence-corrected chi connectivity index (χ2v) is 7.20. The fourth-order valence-corrected chi connectivity index (χ4v) is 4.23.